The van der Waals surface area contributed by atoms with Crippen LogP contribution in [-0.2, 0) is 16.9 Å². The molecular weight excluding hydrogens is 252 g/mol. The molecule has 0 spiro atoms. The van der Waals surface area contributed by atoms with Crippen LogP contribution >= 0.6 is 11.6 Å². The largest absolute Gasteiger partial charge is 0.272 e. The van der Waals surface area contributed by atoms with Gasteiger partial charge >= 0.3 is 0 Å². The second-order valence-corrected chi connectivity index (χ2v) is 5.32. The van der Waals surface area contributed by atoms with Gasteiger partial charge in [-0.1, -0.05) is 16.7 Å². The second-order valence-electron chi connectivity index (χ2n) is 3.04. The van der Waals surface area contributed by atoms with Crippen LogP contribution in [0.1, 0.15) is 0 Å². The van der Waals surface area contributed by atoms with Crippen LogP contribution in [0.15, 0.2) is 34.3 Å². The predicted octanol–water partition coefficient (Wildman–Crippen LogP) is 0.696. The molecule has 0 atom stereocenters. The van der Waals surface area contributed by atoms with Crippen molar-refractivity contribution in [2.45, 2.75) is 10.1 Å². The molecule has 16 heavy (non-hydrogen) atoms. The third kappa shape index (κ3) is 1.79. The van der Waals surface area contributed by atoms with Crippen LogP contribution < -0.4 is 0 Å². The molecule has 8 heteroatoms. The van der Waals surface area contributed by atoms with E-state index < -0.39 is 9.84 Å². The number of halogens is 1. The van der Waals surface area contributed by atoms with Crippen molar-refractivity contribution in [3.8, 4) is 0 Å². The summed E-state index contributed by atoms with van der Waals surface area (Å²) in [7, 11) is -2.21. The fraction of sp³-hybridized carbons (Fsp3) is 0.125. The fourth-order valence-electron chi connectivity index (χ4n) is 1.17. The molecule has 0 unspecified atom stereocenters. The molecule has 0 aliphatic rings. The third-order valence-corrected chi connectivity index (χ3v) is 3.92. The molecule has 0 N–H and O–H groups in total. The van der Waals surface area contributed by atoms with Crippen LogP contribution in [0, 0.1) is 0 Å². The van der Waals surface area contributed by atoms with E-state index in [0.29, 0.717) is 5.02 Å². The number of sulfone groups is 1. The van der Waals surface area contributed by atoms with Crippen molar-refractivity contribution in [1.82, 2.24) is 20.2 Å². The number of aromatic nitrogens is 4. The van der Waals surface area contributed by atoms with E-state index in [0.717, 1.165) is 4.68 Å². The first-order valence-corrected chi connectivity index (χ1v) is 6.11. The minimum atomic E-state index is -3.67. The molecule has 0 aliphatic carbocycles. The smallest absolute Gasteiger partial charge is 0.219 e. The van der Waals surface area contributed by atoms with Gasteiger partial charge in [-0.25, -0.2) is 13.1 Å². The van der Waals surface area contributed by atoms with Crippen molar-refractivity contribution < 1.29 is 8.42 Å². The molecule has 0 amide bonds. The van der Waals surface area contributed by atoms with E-state index >= 15 is 0 Å². The summed E-state index contributed by atoms with van der Waals surface area (Å²) in [6, 6.07) is 5.81. The molecule has 0 saturated carbocycles. The van der Waals surface area contributed by atoms with Crippen molar-refractivity contribution >= 4 is 21.4 Å². The summed E-state index contributed by atoms with van der Waals surface area (Å²) in [6.45, 7) is 0. The minimum absolute atomic E-state index is 0.106. The van der Waals surface area contributed by atoms with Gasteiger partial charge in [0.25, 0.3) is 5.16 Å². The summed E-state index contributed by atoms with van der Waals surface area (Å²) in [5, 5.41) is 10.5. The van der Waals surface area contributed by atoms with Crippen LogP contribution in [-0.4, -0.2) is 28.6 Å². The highest BCUT2D eigenvalue weighted by atomic mass is 35.5. The molecule has 0 bridgehead atoms. The molecule has 84 valence electrons. The van der Waals surface area contributed by atoms with Gasteiger partial charge in [-0.3, -0.25) is 0 Å². The van der Waals surface area contributed by atoms with Gasteiger partial charge in [-0.05, 0) is 34.7 Å². The maximum absolute atomic E-state index is 12.0. The number of rotatable bonds is 2. The van der Waals surface area contributed by atoms with Crippen LogP contribution in [0.4, 0.5) is 0 Å². The van der Waals surface area contributed by atoms with Crippen molar-refractivity contribution in [2.24, 2.45) is 7.05 Å². The first kappa shape index (κ1) is 11.0. The van der Waals surface area contributed by atoms with E-state index in [1.54, 1.807) is 0 Å². The van der Waals surface area contributed by atoms with Crippen LogP contribution in [0.3, 0.4) is 0 Å². The number of hydrogen-bond donors (Lipinski definition) is 0. The van der Waals surface area contributed by atoms with E-state index in [1.807, 2.05) is 0 Å². The Hall–Kier alpha value is -1.47. The highest BCUT2D eigenvalue weighted by molar-refractivity contribution is 7.91. The predicted molar refractivity (Wildman–Crippen MR) is 55.7 cm³/mol. The Bertz CT molecular complexity index is 605. The normalized spacial score (nSPS) is 11.6. The van der Waals surface area contributed by atoms with Crippen molar-refractivity contribution in [2.75, 3.05) is 0 Å². The van der Waals surface area contributed by atoms with Crippen molar-refractivity contribution in [3.63, 3.8) is 0 Å². The fourth-order valence-corrected chi connectivity index (χ4v) is 2.53. The maximum atomic E-state index is 12.0. The Kier molecular flexibility index (Phi) is 2.64. The summed E-state index contributed by atoms with van der Waals surface area (Å²) in [6.07, 6.45) is 0. The summed E-state index contributed by atoms with van der Waals surface area (Å²) in [5.74, 6) is 0. The van der Waals surface area contributed by atoms with E-state index in [2.05, 4.69) is 15.5 Å². The van der Waals surface area contributed by atoms with Gasteiger partial charge in [0.15, 0.2) is 0 Å². The van der Waals surface area contributed by atoms with Gasteiger partial charge in [-0.15, -0.1) is 0 Å². The zero-order valence-corrected chi connectivity index (χ0v) is 9.77. The maximum Gasteiger partial charge on any atom is 0.272 e. The van der Waals surface area contributed by atoms with Crippen LogP contribution in [0.25, 0.3) is 0 Å². The zero-order chi connectivity index (χ0) is 11.8. The highest BCUT2D eigenvalue weighted by Crippen LogP contribution is 2.19. The second kappa shape index (κ2) is 3.84. The van der Waals surface area contributed by atoms with Gasteiger partial charge in [0.1, 0.15) is 0 Å². The lowest BCUT2D eigenvalue weighted by Gasteiger charge is -2.01. The van der Waals surface area contributed by atoms with Gasteiger partial charge in [0.05, 0.1) is 4.90 Å². The van der Waals surface area contributed by atoms with E-state index in [9.17, 15) is 8.42 Å². The van der Waals surface area contributed by atoms with Crippen LogP contribution in [0.5, 0.6) is 0 Å². The summed E-state index contributed by atoms with van der Waals surface area (Å²) in [5.41, 5.74) is 0. The molecule has 0 saturated heterocycles. The first-order valence-electron chi connectivity index (χ1n) is 4.25. The Labute approximate surface area is 96.8 Å². The summed E-state index contributed by atoms with van der Waals surface area (Å²) in [4.78, 5) is 0.106. The number of benzene rings is 1. The van der Waals surface area contributed by atoms with Crippen molar-refractivity contribution in [1.29, 1.82) is 0 Å². The number of nitrogens with zero attached hydrogens (tertiary/aromatic N) is 4. The quantitative estimate of drug-likeness (QED) is 0.792. The van der Waals surface area contributed by atoms with Crippen molar-refractivity contribution in [3.05, 3.63) is 29.3 Å². The molecule has 1 aromatic heterocycles. The number of hydrogen-bond acceptors (Lipinski definition) is 5. The summed E-state index contributed by atoms with van der Waals surface area (Å²) < 4.78 is 25.1. The lowest BCUT2D eigenvalue weighted by atomic mass is 10.4. The SMILES string of the molecule is Cn1nnnc1S(=O)(=O)c1ccc(Cl)cc1. The molecule has 2 aromatic rings. The minimum Gasteiger partial charge on any atom is -0.219 e. The standard InChI is InChI=1S/C8H7ClN4O2S/c1-13-8(10-11-12-13)16(14,15)7-4-2-6(9)3-5-7/h2-5H,1H3. The lowest BCUT2D eigenvalue weighted by molar-refractivity contribution is 0.569. The van der Waals surface area contributed by atoms with E-state index in [-0.39, 0.29) is 10.1 Å². The van der Waals surface area contributed by atoms with Crippen LogP contribution in [0.2, 0.25) is 5.02 Å². The Balaban J connectivity index is 2.56. The number of aryl methyl sites for hydroxylation is 1. The Morgan fingerprint density at radius 2 is 1.88 bits per heavy atom. The summed E-state index contributed by atoms with van der Waals surface area (Å²) >= 11 is 5.68. The van der Waals surface area contributed by atoms with Gasteiger partial charge in [-0.2, -0.15) is 0 Å². The molecule has 0 aliphatic heterocycles. The number of tetrazole rings is 1. The monoisotopic (exact) mass is 258 g/mol. The average Bonchev–Trinajstić information content (AvgIpc) is 2.66. The average molecular weight is 259 g/mol. The first-order chi connectivity index (χ1) is 7.51. The molecule has 0 radical (unpaired) electrons. The van der Waals surface area contributed by atoms with E-state index in [4.69, 9.17) is 11.6 Å². The van der Waals surface area contributed by atoms with Gasteiger partial charge in [0.2, 0.25) is 9.84 Å². The highest BCUT2D eigenvalue weighted by Gasteiger charge is 2.23. The third-order valence-electron chi connectivity index (χ3n) is 1.95. The van der Waals surface area contributed by atoms with E-state index in [1.165, 1.54) is 31.3 Å². The molecule has 1 aromatic carbocycles. The lowest BCUT2D eigenvalue weighted by Crippen LogP contribution is -2.09. The van der Waals surface area contributed by atoms with Gasteiger partial charge in [0, 0.05) is 12.1 Å². The molecule has 6 nitrogen and oxygen atoms in total. The van der Waals surface area contributed by atoms with Gasteiger partial charge < -0.3 is 0 Å². The molecular formula is C8H7ClN4O2S. The zero-order valence-electron chi connectivity index (χ0n) is 8.20. The Morgan fingerprint density at radius 3 is 2.38 bits per heavy atom. The topological polar surface area (TPSA) is 77.7 Å². The molecule has 2 rings (SSSR count). The molecule has 1 heterocycles. The molecule has 0 fully saturated rings. The Morgan fingerprint density at radius 1 is 1.25 bits per heavy atom.